The van der Waals surface area contributed by atoms with E-state index >= 15 is 0 Å². The monoisotopic (exact) mass is 170 g/mol. The molecule has 0 amide bonds. The first-order valence-corrected chi connectivity index (χ1v) is 3.89. The van der Waals surface area contributed by atoms with Crippen LogP contribution in [0, 0.1) is 0 Å². The van der Waals surface area contributed by atoms with Gasteiger partial charge in [-0.2, -0.15) is 0 Å². The summed E-state index contributed by atoms with van der Waals surface area (Å²) in [5, 5.41) is 4.53. The molecular formula is C6H3ClN2S. The van der Waals surface area contributed by atoms with Crippen molar-refractivity contribution in [1.29, 1.82) is 0 Å². The third kappa shape index (κ3) is 0.786. The summed E-state index contributed by atoms with van der Waals surface area (Å²) in [6.07, 6.45) is 0. The third-order valence-electron chi connectivity index (χ3n) is 1.23. The number of benzene rings is 1. The maximum atomic E-state index is 5.80. The molecule has 2 rings (SSSR count). The van der Waals surface area contributed by atoms with Crippen molar-refractivity contribution in [2.24, 2.45) is 0 Å². The van der Waals surface area contributed by atoms with Gasteiger partial charge in [0.05, 0.1) is 9.72 Å². The van der Waals surface area contributed by atoms with Gasteiger partial charge >= 0.3 is 0 Å². The number of fused-ring (bicyclic) bond motifs is 1. The summed E-state index contributed by atoms with van der Waals surface area (Å²) in [5.41, 5.74) is 0.800. The summed E-state index contributed by atoms with van der Waals surface area (Å²) in [7, 11) is 0. The molecule has 0 saturated carbocycles. The molecule has 0 unspecified atom stereocenters. The second-order valence-corrected chi connectivity index (χ2v) is 3.05. The number of hydrogen-bond acceptors (Lipinski definition) is 3. The van der Waals surface area contributed by atoms with Gasteiger partial charge in [-0.3, -0.25) is 0 Å². The molecule has 1 aromatic carbocycles. The quantitative estimate of drug-likeness (QED) is 0.607. The molecule has 0 aliphatic carbocycles. The smallest absolute Gasteiger partial charge is 0.124 e. The van der Waals surface area contributed by atoms with E-state index in [0.717, 1.165) is 10.2 Å². The molecule has 0 aliphatic rings. The summed E-state index contributed by atoms with van der Waals surface area (Å²) >= 11 is 7.16. The van der Waals surface area contributed by atoms with Crippen LogP contribution in [-0.2, 0) is 0 Å². The largest absolute Gasteiger partial charge is 0.136 e. The van der Waals surface area contributed by atoms with Crippen LogP contribution in [0.15, 0.2) is 18.2 Å². The second-order valence-electron chi connectivity index (χ2n) is 1.86. The zero-order valence-electron chi connectivity index (χ0n) is 4.91. The molecule has 0 fully saturated rings. The van der Waals surface area contributed by atoms with E-state index in [0.29, 0.717) is 5.02 Å². The Morgan fingerprint density at radius 3 is 3.10 bits per heavy atom. The van der Waals surface area contributed by atoms with Gasteiger partial charge in [0, 0.05) is 0 Å². The van der Waals surface area contributed by atoms with Crippen LogP contribution in [-0.4, -0.2) is 9.59 Å². The molecule has 0 bridgehead atoms. The van der Waals surface area contributed by atoms with Gasteiger partial charge in [-0.25, -0.2) is 0 Å². The lowest BCUT2D eigenvalue weighted by molar-refractivity contribution is 1.20. The Balaban J connectivity index is 2.95. The fourth-order valence-electron chi connectivity index (χ4n) is 0.771. The van der Waals surface area contributed by atoms with Crippen molar-refractivity contribution >= 4 is 33.4 Å². The molecule has 1 heterocycles. The van der Waals surface area contributed by atoms with Gasteiger partial charge in [-0.15, -0.1) is 5.10 Å². The predicted molar refractivity (Wildman–Crippen MR) is 42.4 cm³/mol. The lowest BCUT2D eigenvalue weighted by atomic mass is 10.3. The van der Waals surface area contributed by atoms with Crippen molar-refractivity contribution < 1.29 is 0 Å². The standard InChI is InChI=1S/C6H3ClN2S/c7-4-2-1-3-5-6(4)8-9-10-5/h1-3H. The highest BCUT2D eigenvalue weighted by molar-refractivity contribution is 7.13. The molecule has 0 radical (unpaired) electrons. The minimum atomic E-state index is 0.672. The molecule has 0 saturated heterocycles. The van der Waals surface area contributed by atoms with Crippen LogP contribution < -0.4 is 0 Å². The van der Waals surface area contributed by atoms with Crippen molar-refractivity contribution in [3.05, 3.63) is 23.2 Å². The van der Waals surface area contributed by atoms with Crippen LogP contribution in [0.5, 0.6) is 0 Å². The Bertz CT molecular complexity index is 357. The van der Waals surface area contributed by atoms with Gasteiger partial charge in [0.1, 0.15) is 5.52 Å². The van der Waals surface area contributed by atoms with Crippen molar-refractivity contribution in [3.8, 4) is 0 Å². The topological polar surface area (TPSA) is 25.8 Å². The SMILES string of the molecule is Clc1cccc2snnc12. The Morgan fingerprint density at radius 2 is 2.30 bits per heavy atom. The Labute approximate surface area is 66.6 Å². The molecule has 2 nitrogen and oxygen atoms in total. The molecule has 1 aromatic heterocycles. The number of aromatic nitrogens is 2. The zero-order chi connectivity index (χ0) is 6.97. The van der Waals surface area contributed by atoms with Gasteiger partial charge in [0.25, 0.3) is 0 Å². The first-order chi connectivity index (χ1) is 4.88. The van der Waals surface area contributed by atoms with E-state index in [1.54, 1.807) is 0 Å². The molecule has 2 aromatic rings. The lowest BCUT2D eigenvalue weighted by Gasteiger charge is -1.86. The molecule has 10 heavy (non-hydrogen) atoms. The first kappa shape index (κ1) is 6.07. The van der Waals surface area contributed by atoms with Crippen molar-refractivity contribution in [3.63, 3.8) is 0 Å². The maximum Gasteiger partial charge on any atom is 0.124 e. The van der Waals surface area contributed by atoms with Crippen LogP contribution >= 0.6 is 23.1 Å². The summed E-state index contributed by atoms with van der Waals surface area (Å²) in [4.78, 5) is 0. The van der Waals surface area contributed by atoms with Gasteiger partial charge in [-0.05, 0) is 23.7 Å². The Kier molecular flexibility index (Phi) is 1.32. The van der Waals surface area contributed by atoms with Crippen LogP contribution in [0.25, 0.3) is 10.2 Å². The fourth-order valence-corrected chi connectivity index (χ4v) is 1.63. The first-order valence-electron chi connectivity index (χ1n) is 2.74. The minimum Gasteiger partial charge on any atom is -0.136 e. The molecule has 0 spiro atoms. The van der Waals surface area contributed by atoms with E-state index in [4.69, 9.17) is 11.6 Å². The lowest BCUT2D eigenvalue weighted by Crippen LogP contribution is -1.68. The summed E-state index contributed by atoms with van der Waals surface area (Å²) in [6.45, 7) is 0. The number of halogens is 1. The van der Waals surface area contributed by atoms with Crippen molar-refractivity contribution in [1.82, 2.24) is 9.59 Å². The Morgan fingerprint density at radius 1 is 1.40 bits per heavy atom. The van der Waals surface area contributed by atoms with E-state index in [9.17, 15) is 0 Å². The van der Waals surface area contributed by atoms with E-state index in [1.807, 2.05) is 18.2 Å². The number of rotatable bonds is 0. The zero-order valence-corrected chi connectivity index (χ0v) is 6.49. The van der Waals surface area contributed by atoms with E-state index < -0.39 is 0 Å². The summed E-state index contributed by atoms with van der Waals surface area (Å²) in [5.74, 6) is 0. The van der Waals surface area contributed by atoms with Crippen molar-refractivity contribution in [2.75, 3.05) is 0 Å². The maximum absolute atomic E-state index is 5.80. The second kappa shape index (κ2) is 2.18. The molecule has 0 aliphatic heterocycles. The van der Waals surface area contributed by atoms with Crippen LogP contribution in [0.1, 0.15) is 0 Å². The highest BCUT2D eigenvalue weighted by atomic mass is 35.5. The van der Waals surface area contributed by atoms with Gasteiger partial charge in [-0.1, -0.05) is 22.2 Å². The fraction of sp³-hybridized carbons (Fsp3) is 0. The highest BCUT2D eigenvalue weighted by Gasteiger charge is 1.99. The van der Waals surface area contributed by atoms with Crippen LogP contribution in [0.2, 0.25) is 5.02 Å². The average Bonchev–Trinajstić information content (AvgIpc) is 2.36. The highest BCUT2D eigenvalue weighted by Crippen LogP contribution is 2.22. The van der Waals surface area contributed by atoms with Crippen molar-refractivity contribution in [2.45, 2.75) is 0 Å². The Hall–Kier alpha value is -0.670. The van der Waals surface area contributed by atoms with Gasteiger partial charge < -0.3 is 0 Å². The summed E-state index contributed by atoms with van der Waals surface area (Å²) in [6, 6.07) is 5.65. The van der Waals surface area contributed by atoms with E-state index in [-0.39, 0.29) is 0 Å². The average molecular weight is 171 g/mol. The predicted octanol–water partition coefficient (Wildman–Crippen LogP) is 2.34. The normalized spacial score (nSPS) is 10.5. The van der Waals surface area contributed by atoms with E-state index in [1.165, 1.54) is 11.5 Å². The van der Waals surface area contributed by atoms with Crippen LogP contribution in [0.3, 0.4) is 0 Å². The molecule has 0 atom stereocenters. The molecule has 0 N–H and O–H groups in total. The van der Waals surface area contributed by atoms with Gasteiger partial charge in [0.2, 0.25) is 0 Å². The third-order valence-corrected chi connectivity index (χ3v) is 2.22. The molecule has 4 heteroatoms. The number of hydrogen-bond donors (Lipinski definition) is 0. The van der Waals surface area contributed by atoms with Gasteiger partial charge in [0.15, 0.2) is 0 Å². The summed E-state index contributed by atoms with van der Waals surface area (Å²) < 4.78 is 4.80. The molecular weight excluding hydrogens is 168 g/mol. The van der Waals surface area contributed by atoms with E-state index in [2.05, 4.69) is 9.59 Å². The molecule has 50 valence electrons. The minimum absolute atomic E-state index is 0.672. The van der Waals surface area contributed by atoms with Crippen LogP contribution in [0.4, 0.5) is 0 Å². The number of nitrogens with zero attached hydrogens (tertiary/aromatic N) is 2.